The number of imidazole rings is 1. The minimum Gasteiger partial charge on any atom is -0.334 e. The normalized spacial score (nSPS) is 10.8. The molecule has 0 aliphatic rings. The second kappa shape index (κ2) is 6.61. The van der Waals surface area contributed by atoms with Gasteiger partial charge in [-0.05, 0) is 31.7 Å². The van der Waals surface area contributed by atoms with Crippen LogP contribution in [0.3, 0.4) is 0 Å². The Morgan fingerprint density at radius 2 is 2.28 bits per heavy atom. The van der Waals surface area contributed by atoms with E-state index < -0.39 is 0 Å². The smallest absolute Gasteiger partial charge is 0.105 e. The Morgan fingerprint density at radius 3 is 3.00 bits per heavy atom. The minimum atomic E-state index is 0.926. The fraction of sp³-hybridized carbons (Fsp3) is 0.357. The van der Waals surface area contributed by atoms with Gasteiger partial charge in [-0.1, -0.05) is 12.1 Å². The van der Waals surface area contributed by atoms with E-state index in [1.165, 1.54) is 10.5 Å². The Hall–Kier alpha value is -1.26. The first kappa shape index (κ1) is 13.2. The summed E-state index contributed by atoms with van der Waals surface area (Å²) in [5, 5.41) is 3.18. The molecule has 4 heteroatoms. The van der Waals surface area contributed by atoms with Crippen molar-refractivity contribution >= 4 is 11.8 Å². The van der Waals surface area contributed by atoms with Gasteiger partial charge in [0.25, 0.3) is 0 Å². The monoisotopic (exact) mass is 261 g/mol. The van der Waals surface area contributed by atoms with Crippen molar-refractivity contribution in [1.29, 1.82) is 0 Å². The Morgan fingerprint density at radius 1 is 1.39 bits per heavy atom. The summed E-state index contributed by atoms with van der Waals surface area (Å²) in [7, 11) is 1.97. The van der Waals surface area contributed by atoms with Gasteiger partial charge >= 0.3 is 0 Å². The molecule has 2 aromatic rings. The molecule has 0 saturated heterocycles. The van der Waals surface area contributed by atoms with Crippen molar-refractivity contribution in [2.24, 2.45) is 0 Å². The van der Waals surface area contributed by atoms with Crippen molar-refractivity contribution < 1.29 is 0 Å². The van der Waals surface area contributed by atoms with E-state index in [-0.39, 0.29) is 0 Å². The molecule has 1 aromatic heterocycles. The van der Waals surface area contributed by atoms with Gasteiger partial charge in [0.1, 0.15) is 5.82 Å². The highest BCUT2D eigenvalue weighted by Gasteiger charge is 1.99. The summed E-state index contributed by atoms with van der Waals surface area (Å²) in [5.74, 6) is 2.15. The van der Waals surface area contributed by atoms with Crippen molar-refractivity contribution in [3.63, 3.8) is 0 Å². The second-order valence-corrected chi connectivity index (χ2v) is 5.36. The first-order chi connectivity index (χ1) is 8.79. The molecule has 0 fully saturated rings. The van der Waals surface area contributed by atoms with Crippen LogP contribution in [0, 0.1) is 6.92 Å². The molecule has 0 aliphatic heterocycles. The van der Waals surface area contributed by atoms with Crippen LogP contribution in [0.1, 0.15) is 11.4 Å². The lowest BCUT2D eigenvalue weighted by molar-refractivity contribution is 0.738. The lowest BCUT2D eigenvalue weighted by atomic mass is 10.2. The van der Waals surface area contributed by atoms with Gasteiger partial charge in [0.15, 0.2) is 0 Å². The van der Waals surface area contributed by atoms with E-state index in [1.807, 2.05) is 38.1 Å². The van der Waals surface area contributed by atoms with Gasteiger partial charge in [-0.15, -0.1) is 11.8 Å². The summed E-state index contributed by atoms with van der Waals surface area (Å²) in [6.07, 6.45) is 3.89. The molecule has 0 bridgehead atoms. The molecule has 96 valence electrons. The summed E-state index contributed by atoms with van der Waals surface area (Å²) in [5.41, 5.74) is 1.33. The van der Waals surface area contributed by atoms with Gasteiger partial charge in [0, 0.05) is 36.1 Å². The lowest BCUT2D eigenvalue weighted by Gasteiger charge is -2.06. The van der Waals surface area contributed by atoms with Gasteiger partial charge in [0.2, 0.25) is 0 Å². The van der Waals surface area contributed by atoms with Crippen molar-refractivity contribution in [3.05, 3.63) is 48.0 Å². The number of rotatable bonds is 6. The van der Waals surface area contributed by atoms with Crippen molar-refractivity contribution in [2.75, 3.05) is 12.8 Å². The molecular weight excluding hydrogens is 242 g/mol. The topological polar surface area (TPSA) is 29.9 Å². The van der Waals surface area contributed by atoms with Crippen LogP contribution in [0.5, 0.6) is 0 Å². The third-order valence-corrected chi connectivity index (χ3v) is 3.78. The van der Waals surface area contributed by atoms with E-state index in [4.69, 9.17) is 0 Å². The highest BCUT2D eigenvalue weighted by Crippen LogP contribution is 2.19. The molecule has 2 rings (SSSR count). The number of hydrogen-bond donors (Lipinski definition) is 1. The van der Waals surface area contributed by atoms with Crippen LogP contribution in [-0.4, -0.2) is 22.4 Å². The van der Waals surface area contributed by atoms with Crippen molar-refractivity contribution in [2.45, 2.75) is 24.9 Å². The summed E-state index contributed by atoms with van der Waals surface area (Å²) >= 11 is 1.89. The predicted molar refractivity (Wildman–Crippen MR) is 76.9 cm³/mol. The number of nitrogens with zero attached hydrogens (tertiary/aromatic N) is 2. The molecule has 0 atom stereocenters. The van der Waals surface area contributed by atoms with Gasteiger partial charge < -0.3 is 9.88 Å². The number of nitrogens with one attached hydrogen (secondary N) is 1. The summed E-state index contributed by atoms with van der Waals surface area (Å²) in [4.78, 5) is 5.56. The molecule has 0 saturated carbocycles. The molecule has 0 spiro atoms. The van der Waals surface area contributed by atoms with E-state index in [9.17, 15) is 0 Å². The Balaban J connectivity index is 1.86. The van der Waals surface area contributed by atoms with Gasteiger partial charge in [-0.3, -0.25) is 0 Å². The maximum absolute atomic E-state index is 4.23. The zero-order valence-corrected chi connectivity index (χ0v) is 11.7. The fourth-order valence-corrected chi connectivity index (χ4v) is 2.78. The number of hydrogen-bond acceptors (Lipinski definition) is 3. The standard InChI is InChI=1S/C14H19N3S/c1-12-16-6-7-17(12)8-9-18-14-5-3-4-13(10-14)11-15-2/h3-7,10,15H,8-9,11H2,1-2H3. The first-order valence-corrected chi connectivity index (χ1v) is 7.12. The van der Waals surface area contributed by atoms with Crippen LogP contribution in [0.15, 0.2) is 41.6 Å². The van der Waals surface area contributed by atoms with Crippen LogP contribution < -0.4 is 5.32 Å². The third kappa shape index (κ3) is 3.62. The van der Waals surface area contributed by atoms with E-state index in [1.54, 1.807) is 0 Å². The molecule has 0 aliphatic carbocycles. The SMILES string of the molecule is CNCc1cccc(SCCn2ccnc2C)c1. The average Bonchev–Trinajstić information content (AvgIpc) is 2.76. The summed E-state index contributed by atoms with van der Waals surface area (Å²) in [6.45, 7) is 3.97. The van der Waals surface area contributed by atoms with Gasteiger partial charge in [-0.2, -0.15) is 0 Å². The van der Waals surface area contributed by atoms with Crippen LogP contribution in [0.25, 0.3) is 0 Å². The van der Waals surface area contributed by atoms with Crippen LogP contribution in [-0.2, 0) is 13.1 Å². The van der Waals surface area contributed by atoms with Gasteiger partial charge in [0.05, 0.1) is 0 Å². The molecule has 3 nitrogen and oxygen atoms in total. The zero-order chi connectivity index (χ0) is 12.8. The highest BCUT2D eigenvalue weighted by molar-refractivity contribution is 7.99. The quantitative estimate of drug-likeness (QED) is 0.811. The average molecular weight is 261 g/mol. The lowest BCUT2D eigenvalue weighted by Crippen LogP contribution is -2.05. The largest absolute Gasteiger partial charge is 0.334 e. The van der Waals surface area contributed by atoms with E-state index in [2.05, 4.69) is 39.1 Å². The maximum Gasteiger partial charge on any atom is 0.105 e. The van der Waals surface area contributed by atoms with E-state index in [0.29, 0.717) is 0 Å². The minimum absolute atomic E-state index is 0.926. The molecule has 0 amide bonds. The third-order valence-electron chi connectivity index (χ3n) is 2.80. The first-order valence-electron chi connectivity index (χ1n) is 6.13. The van der Waals surface area contributed by atoms with E-state index >= 15 is 0 Å². The number of aryl methyl sites for hydroxylation is 2. The zero-order valence-electron chi connectivity index (χ0n) is 10.9. The highest BCUT2D eigenvalue weighted by atomic mass is 32.2. The number of aromatic nitrogens is 2. The summed E-state index contributed by atoms with van der Waals surface area (Å²) in [6, 6.07) is 8.70. The molecule has 1 aromatic carbocycles. The second-order valence-electron chi connectivity index (χ2n) is 4.19. The van der Waals surface area contributed by atoms with E-state index in [0.717, 1.165) is 24.7 Å². The molecular formula is C14H19N3S. The number of benzene rings is 1. The summed E-state index contributed by atoms with van der Waals surface area (Å²) < 4.78 is 2.18. The van der Waals surface area contributed by atoms with Crippen molar-refractivity contribution in [3.8, 4) is 0 Å². The molecule has 1 heterocycles. The van der Waals surface area contributed by atoms with Crippen LogP contribution in [0.4, 0.5) is 0 Å². The Bertz CT molecular complexity index is 493. The Labute approximate surface area is 113 Å². The number of thioether (sulfide) groups is 1. The molecule has 0 unspecified atom stereocenters. The van der Waals surface area contributed by atoms with Crippen molar-refractivity contribution in [1.82, 2.24) is 14.9 Å². The van der Waals surface area contributed by atoms with Crippen LogP contribution >= 0.6 is 11.8 Å². The fourth-order valence-electron chi connectivity index (χ4n) is 1.85. The molecule has 0 radical (unpaired) electrons. The molecule has 1 N–H and O–H groups in total. The predicted octanol–water partition coefficient (Wildman–Crippen LogP) is 2.70. The van der Waals surface area contributed by atoms with Gasteiger partial charge in [-0.25, -0.2) is 4.98 Å². The Kier molecular flexibility index (Phi) is 4.84. The van der Waals surface area contributed by atoms with Crippen LogP contribution in [0.2, 0.25) is 0 Å². The maximum atomic E-state index is 4.23. The molecule has 18 heavy (non-hydrogen) atoms.